The Bertz CT molecular complexity index is 779. The lowest BCUT2D eigenvalue weighted by atomic mass is 10.1. The number of carbonyl (C=O) groups excluding carboxylic acids is 2. The van der Waals surface area contributed by atoms with Crippen LogP contribution in [0.3, 0.4) is 0 Å². The summed E-state index contributed by atoms with van der Waals surface area (Å²) in [5, 5.41) is 9.87. The molecule has 0 fully saturated rings. The monoisotopic (exact) mass is 352 g/mol. The lowest BCUT2D eigenvalue weighted by molar-refractivity contribution is 0.0600. The van der Waals surface area contributed by atoms with Gasteiger partial charge in [0.15, 0.2) is 0 Å². The number of imide groups is 1. The third-order valence-corrected chi connectivity index (χ3v) is 4.63. The minimum absolute atomic E-state index is 0.251. The molecule has 2 unspecified atom stereocenters. The van der Waals surface area contributed by atoms with Crippen molar-refractivity contribution in [3.63, 3.8) is 0 Å². The molecule has 2 aromatic carbocycles. The summed E-state index contributed by atoms with van der Waals surface area (Å²) < 4.78 is 0. The van der Waals surface area contributed by atoms with Crippen molar-refractivity contribution in [2.24, 2.45) is 0 Å². The van der Waals surface area contributed by atoms with E-state index in [-0.39, 0.29) is 17.9 Å². The van der Waals surface area contributed by atoms with E-state index < -0.39 is 6.10 Å². The molecular formula is C21H24N2O3. The SMILES string of the molecule is Cc1ccc(N(CC(C)O)CC(C)N2C(=O)c3ccccc3C2=O)cc1. The van der Waals surface area contributed by atoms with E-state index in [9.17, 15) is 14.7 Å². The van der Waals surface area contributed by atoms with Crippen LogP contribution in [0.2, 0.25) is 0 Å². The molecule has 0 aromatic heterocycles. The highest BCUT2D eigenvalue weighted by Gasteiger charge is 2.38. The molecule has 0 bridgehead atoms. The summed E-state index contributed by atoms with van der Waals surface area (Å²) in [6.45, 7) is 6.50. The molecule has 0 saturated carbocycles. The summed E-state index contributed by atoms with van der Waals surface area (Å²) in [5.41, 5.74) is 3.03. The fourth-order valence-electron chi connectivity index (χ4n) is 3.37. The van der Waals surface area contributed by atoms with E-state index in [1.807, 2.05) is 43.0 Å². The van der Waals surface area contributed by atoms with Crippen LogP contribution in [0.15, 0.2) is 48.5 Å². The van der Waals surface area contributed by atoms with E-state index in [1.165, 1.54) is 4.90 Å². The van der Waals surface area contributed by atoms with Crippen LogP contribution in [-0.4, -0.2) is 47.1 Å². The van der Waals surface area contributed by atoms with Gasteiger partial charge < -0.3 is 10.0 Å². The predicted molar refractivity (Wildman–Crippen MR) is 101 cm³/mol. The van der Waals surface area contributed by atoms with Gasteiger partial charge in [0.25, 0.3) is 11.8 Å². The van der Waals surface area contributed by atoms with E-state index in [2.05, 4.69) is 0 Å². The number of hydrogen-bond donors (Lipinski definition) is 1. The second-order valence-electron chi connectivity index (χ2n) is 6.96. The maximum atomic E-state index is 12.7. The molecule has 5 heteroatoms. The molecule has 2 aromatic rings. The summed E-state index contributed by atoms with van der Waals surface area (Å²) in [6.07, 6.45) is -0.523. The molecule has 3 rings (SSSR count). The quantitative estimate of drug-likeness (QED) is 0.812. The molecule has 1 N–H and O–H groups in total. The zero-order valence-corrected chi connectivity index (χ0v) is 15.3. The van der Waals surface area contributed by atoms with Crippen LogP contribution in [0, 0.1) is 6.92 Å². The highest BCUT2D eigenvalue weighted by atomic mass is 16.3. The summed E-state index contributed by atoms with van der Waals surface area (Å²) in [6, 6.07) is 14.6. The van der Waals surface area contributed by atoms with Crippen molar-refractivity contribution in [2.45, 2.75) is 32.9 Å². The molecule has 0 spiro atoms. The highest BCUT2D eigenvalue weighted by Crippen LogP contribution is 2.25. The topological polar surface area (TPSA) is 60.9 Å². The number of aliphatic hydroxyl groups is 1. The van der Waals surface area contributed by atoms with Gasteiger partial charge in [0.1, 0.15) is 0 Å². The van der Waals surface area contributed by atoms with Crippen molar-refractivity contribution in [1.82, 2.24) is 4.90 Å². The van der Waals surface area contributed by atoms with Crippen LogP contribution < -0.4 is 4.90 Å². The zero-order chi connectivity index (χ0) is 18.8. The Balaban J connectivity index is 1.82. The molecule has 1 heterocycles. The minimum Gasteiger partial charge on any atom is -0.392 e. The summed E-state index contributed by atoms with van der Waals surface area (Å²) >= 11 is 0. The molecule has 1 aliphatic rings. The van der Waals surface area contributed by atoms with Crippen LogP contribution >= 0.6 is 0 Å². The van der Waals surface area contributed by atoms with Gasteiger partial charge in [0.05, 0.1) is 23.3 Å². The fourth-order valence-corrected chi connectivity index (χ4v) is 3.37. The van der Waals surface area contributed by atoms with Crippen molar-refractivity contribution in [3.8, 4) is 0 Å². The van der Waals surface area contributed by atoms with Gasteiger partial charge in [-0.05, 0) is 45.0 Å². The first-order valence-corrected chi connectivity index (χ1v) is 8.85. The number of aryl methyl sites for hydroxylation is 1. The number of aliphatic hydroxyl groups excluding tert-OH is 1. The molecular weight excluding hydrogens is 328 g/mol. The Morgan fingerprint density at radius 3 is 1.96 bits per heavy atom. The average molecular weight is 352 g/mol. The van der Waals surface area contributed by atoms with Gasteiger partial charge in [-0.1, -0.05) is 29.8 Å². The Labute approximate surface area is 153 Å². The van der Waals surface area contributed by atoms with Crippen molar-refractivity contribution in [1.29, 1.82) is 0 Å². The average Bonchev–Trinajstić information content (AvgIpc) is 2.86. The van der Waals surface area contributed by atoms with Gasteiger partial charge in [0.2, 0.25) is 0 Å². The third kappa shape index (κ3) is 3.48. The molecule has 0 radical (unpaired) electrons. The van der Waals surface area contributed by atoms with Gasteiger partial charge in [-0.2, -0.15) is 0 Å². The smallest absolute Gasteiger partial charge is 0.261 e. The molecule has 2 amide bonds. The van der Waals surface area contributed by atoms with Gasteiger partial charge in [0, 0.05) is 18.8 Å². The first kappa shape index (κ1) is 18.1. The summed E-state index contributed by atoms with van der Waals surface area (Å²) in [5.74, 6) is -0.502. The number of amides is 2. The minimum atomic E-state index is -0.523. The van der Waals surface area contributed by atoms with Crippen LogP contribution in [0.1, 0.15) is 40.1 Å². The van der Waals surface area contributed by atoms with E-state index in [1.54, 1.807) is 31.2 Å². The first-order chi connectivity index (χ1) is 12.4. The number of hydrogen-bond acceptors (Lipinski definition) is 4. The Hall–Kier alpha value is -2.66. The van der Waals surface area contributed by atoms with Crippen LogP contribution in [-0.2, 0) is 0 Å². The van der Waals surface area contributed by atoms with Gasteiger partial charge in [-0.3, -0.25) is 14.5 Å². The molecule has 136 valence electrons. The molecule has 1 aliphatic heterocycles. The number of rotatable bonds is 6. The standard InChI is InChI=1S/C21H24N2O3/c1-14-8-10-17(11-9-14)22(13-16(3)24)12-15(2)23-20(25)18-6-4-5-7-19(18)21(23)26/h4-11,15-16,24H,12-13H2,1-3H3. The zero-order valence-electron chi connectivity index (χ0n) is 15.3. The van der Waals surface area contributed by atoms with Crippen molar-refractivity contribution in [3.05, 3.63) is 65.2 Å². The van der Waals surface area contributed by atoms with Gasteiger partial charge in [-0.15, -0.1) is 0 Å². The second-order valence-corrected chi connectivity index (χ2v) is 6.96. The number of carbonyl (C=O) groups is 2. The lowest BCUT2D eigenvalue weighted by Crippen LogP contribution is -2.46. The Kier molecular flexibility index (Phi) is 5.09. The highest BCUT2D eigenvalue weighted by molar-refractivity contribution is 6.21. The number of anilines is 1. The van der Waals surface area contributed by atoms with E-state index in [0.717, 1.165) is 11.3 Å². The van der Waals surface area contributed by atoms with Gasteiger partial charge >= 0.3 is 0 Å². The van der Waals surface area contributed by atoms with E-state index in [4.69, 9.17) is 0 Å². The normalized spacial score (nSPS) is 15.8. The third-order valence-electron chi connectivity index (χ3n) is 4.63. The van der Waals surface area contributed by atoms with Crippen molar-refractivity contribution >= 4 is 17.5 Å². The van der Waals surface area contributed by atoms with Crippen LogP contribution in [0.5, 0.6) is 0 Å². The van der Waals surface area contributed by atoms with Crippen LogP contribution in [0.4, 0.5) is 5.69 Å². The van der Waals surface area contributed by atoms with E-state index >= 15 is 0 Å². The number of benzene rings is 2. The Morgan fingerprint density at radius 2 is 1.46 bits per heavy atom. The lowest BCUT2D eigenvalue weighted by Gasteiger charge is -2.32. The maximum absolute atomic E-state index is 12.7. The van der Waals surface area contributed by atoms with Gasteiger partial charge in [-0.25, -0.2) is 0 Å². The Morgan fingerprint density at radius 1 is 0.923 bits per heavy atom. The molecule has 5 nitrogen and oxygen atoms in total. The number of fused-ring (bicyclic) bond motifs is 1. The largest absolute Gasteiger partial charge is 0.392 e. The van der Waals surface area contributed by atoms with Crippen molar-refractivity contribution < 1.29 is 14.7 Å². The summed E-state index contributed by atoms with van der Waals surface area (Å²) in [7, 11) is 0. The molecule has 26 heavy (non-hydrogen) atoms. The second kappa shape index (κ2) is 7.30. The van der Waals surface area contributed by atoms with Crippen LogP contribution in [0.25, 0.3) is 0 Å². The van der Waals surface area contributed by atoms with E-state index in [0.29, 0.717) is 24.2 Å². The fraction of sp³-hybridized carbons (Fsp3) is 0.333. The summed E-state index contributed by atoms with van der Waals surface area (Å²) in [4.78, 5) is 28.7. The molecule has 0 aliphatic carbocycles. The predicted octanol–water partition coefficient (Wildman–Crippen LogP) is 2.87. The number of nitrogens with zero attached hydrogens (tertiary/aromatic N) is 2. The molecule has 0 saturated heterocycles. The first-order valence-electron chi connectivity index (χ1n) is 8.85. The molecule has 2 atom stereocenters. The maximum Gasteiger partial charge on any atom is 0.261 e. The van der Waals surface area contributed by atoms with Crippen molar-refractivity contribution in [2.75, 3.05) is 18.0 Å².